The van der Waals surface area contributed by atoms with Gasteiger partial charge in [-0.1, -0.05) is 18.2 Å². The highest BCUT2D eigenvalue weighted by Crippen LogP contribution is 2.15. The number of carbonyl (C=O) groups excluding carboxylic acids is 1. The Morgan fingerprint density at radius 2 is 2.13 bits per heavy atom. The predicted molar refractivity (Wildman–Crippen MR) is 85.5 cm³/mol. The standard InChI is InChI=1S/C16H23NO5S/c1-12-7-3-4-9-15(12)23(19,20)17-16(18)13(2)22-11-14-8-5-6-10-21-14/h3-4,7,9,13-14H,5-6,8,10-11H2,1-2H3,(H,17,18). The molecule has 0 saturated carbocycles. The molecular weight excluding hydrogens is 318 g/mol. The van der Waals surface area contributed by atoms with Crippen LogP contribution in [0.4, 0.5) is 0 Å². The summed E-state index contributed by atoms with van der Waals surface area (Å²) in [7, 11) is -3.89. The van der Waals surface area contributed by atoms with Crippen LogP contribution in [0.1, 0.15) is 31.7 Å². The number of hydrogen-bond donors (Lipinski definition) is 1. The van der Waals surface area contributed by atoms with Gasteiger partial charge >= 0.3 is 0 Å². The third-order valence-corrected chi connectivity index (χ3v) is 5.30. The van der Waals surface area contributed by atoms with Crippen LogP contribution in [0.2, 0.25) is 0 Å². The monoisotopic (exact) mass is 341 g/mol. The molecule has 2 unspecified atom stereocenters. The second kappa shape index (κ2) is 7.90. The second-order valence-corrected chi connectivity index (χ2v) is 7.35. The fraction of sp³-hybridized carbons (Fsp3) is 0.562. The van der Waals surface area contributed by atoms with E-state index in [1.54, 1.807) is 25.1 Å². The minimum Gasteiger partial charge on any atom is -0.376 e. The molecule has 2 rings (SSSR count). The zero-order valence-electron chi connectivity index (χ0n) is 13.4. The first-order chi connectivity index (χ1) is 10.9. The average molecular weight is 341 g/mol. The van der Waals surface area contributed by atoms with Gasteiger partial charge in [0.15, 0.2) is 0 Å². The summed E-state index contributed by atoms with van der Waals surface area (Å²) in [5.41, 5.74) is 0.581. The van der Waals surface area contributed by atoms with Crippen molar-refractivity contribution in [2.45, 2.75) is 50.2 Å². The molecule has 0 aliphatic carbocycles. The van der Waals surface area contributed by atoms with Gasteiger partial charge in [-0.25, -0.2) is 13.1 Å². The number of hydrogen-bond acceptors (Lipinski definition) is 5. The van der Waals surface area contributed by atoms with E-state index >= 15 is 0 Å². The second-order valence-electron chi connectivity index (χ2n) is 5.70. The summed E-state index contributed by atoms with van der Waals surface area (Å²) < 4.78 is 37.6. The first-order valence-electron chi connectivity index (χ1n) is 7.75. The molecule has 0 aromatic heterocycles. The molecule has 1 aromatic carbocycles. The molecule has 7 heteroatoms. The molecule has 1 saturated heterocycles. The van der Waals surface area contributed by atoms with Crippen LogP contribution in [0.5, 0.6) is 0 Å². The number of nitrogens with one attached hydrogen (secondary N) is 1. The molecule has 1 aromatic rings. The molecule has 23 heavy (non-hydrogen) atoms. The maximum Gasteiger partial charge on any atom is 0.264 e. The molecule has 2 atom stereocenters. The Labute approximate surface area is 137 Å². The lowest BCUT2D eigenvalue weighted by Crippen LogP contribution is -2.40. The molecule has 1 aliphatic heterocycles. The van der Waals surface area contributed by atoms with Crippen molar-refractivity contribution in [1.82, 2.24) is 4.72 Å². The van der Waals surface area contributed by atoms with Crippen molar-refractivity contribution in [2.75, 3.05) is 13.2 Å². The molecule has 128 valence electrons. The molecule has 0 radical (unpaired) electrons. The smallest absolute Gasteiger partial charge is 0.264 e. The van der Waals surface area contributed by atoms with Gasteiger partial charge in [0.1, 0.15) is 6.10 Å². The van der Waals surface area contributed by atoms with Crippen LogP contribution in [0.3, 0.4) is 0 Å². The number of amides is 1. The largest absolute Gasteiger partial charge is 0.376 e. The van der Waals surface area contributed by atoms with Crippen molar-refractivity contribution in [1.29, 1.82) is 0 Å². The van der Waals surface area contributed by atoms with Crippen LogP contribution in [-0.2, 0) is 24.3 Å². The van der Waals surface area contributed by atoms with E-state index in [1.165, 1.54) is 13.0 Å². The van der Waals surface area contributed by atoms with Crippen LogP contribution in [-0.4, -0.2) is 39.7 Å². The summed E-state index contributed by atoms with van der Waals surface area (Å²) in [5.74, 6) is -0.677. The molecule has 1 N–H and O–H groups in total. The highest BCUT2D eigenvalue weighted by molar-refractivity contribution is 7.90. The zero-order valence-corrected chi connectivity index (χ0v) is 14.3. The highest BCUT2D eigenvalue weighted by Gasteiger charge is 2.24. The minimum absolute atomic E-state index is 0.0213. The van der Waals surface area contributed by atoms with E-state index in [0.717, 1.165) is 19.3 Å². The maximum atomic E-state index is 12.3. The fourth-order valence-corrected chi connectivity index (χ4v) is 3.68. The summed E-state index contributed by atoms with van der Waals surface area (Å²) >= 11 is 0. The SMILES string of the molecule is Cc1ccccc1S(=O)(=O)NC(=O)C(C)OCC1CCCCO1. The van der Waals surface area contributed by atoms with Gasteiger partial charge in [0.25, 0.3) is 15.9 Å². The number of benzene rings is 1. The van der Waals surface area contributed by atoms with E-state index in [2.05, 4.69) is 4.72 Å². The van der Waals surface area contributed by atoms with Gasteiger partial charge in [0.05, 0.1) is 17.6 Å². The Morgan fingerprint density at radius 1 is 1.39 bits per heavy atom. The van der Waals surface area contributed by atoms with Crippen molar-refractivity contribution in [3.63, 3.8) is 0 Å². The maximum absolute atomic E-state index is 12.3. The summed E-state index contributed by atoms with van der Waals surface area (Å²) in [6, 6.07) is 6.50. The normalized spacial score (nSPS) is 20.0. The topological polar surface area (TPSA) is 81.7 Å². The molecular formula is C16H23NO5S. The van der Waals surface area contributed by atoms with Crippen molar-refractivity contribution >= 4 is 15.9 Å². The van der Waals surface area contributed by atoms with E-state index < -0.39 is 22.0 Å². The Hall–Kier alpha value is -1.44. The lowest BCUT2D eigenvalue weighted by molar-refractivity contribution is -0.133. The Bertz CT molecular complexity index is 638. The summed E-state index contributed by atoms with van der Waals surface area (Å²) in [6.07, 6.45) is 2.14. The quantitative estimate of drug-likeness (QED) is 0.853. The van der Waals surface area contributed by atoms with Crippen molar-refractivity contribution < 1.29 is 22.7 Å². The van der Waals surface area contributed by atoms with E-state index in [0.29, 0.717) is 18.8 Å². The van der Waals surface area contributed by atoms with Gasteiger partial charge in [-0.3, -0.25) is 4.79 Å². The number of ether oxygens (including phenoxy) is 2. The van der Waals surface area contributed by atoms with E-state index in [9.17, 15) is 13.2 Å². The van der Waals surface area contributed by atoms with E-state index in [4.69, 9.17) is 9.47 Å². The number of sulfonamides is 1. The summed E-state index contributed by atoms with van der Waals surface area (Å²) in [6.45, 7) is 4.21. The van der Waals surface area contributed by atoms with Gasteiger partial charge < -0.3 is 9.47 Å². The van der Waals surface area contributed by atoms with E-state index in [1.807, 2.05) is 0 Å². The van der Waals surface area contributed by atoms with E-state index in [-0.39, 0.29) is 11.0 Å². The van der Waals surface area contributed by atoms with Gasteiger partial charge in [-0.15, -0.1) is 0 Å². The van der Waals surface area contributed by atoms with Crippen LogP contribution in [0, 0.1) is 6.92 Å². The molecule has 0 spiro atoms. The fourth-order valence-electron chi connectivity index (χ4n) is 2.39. The summed E-state index contributed by atoms with van der Waals surface area (Å²) in [5, 5.41) is 0. The molecule has 1 fully saturated rings. The van der Waals surface area contributed by atoms with Crippen LogP contribution in [0.25, 0.3) is 0 Å². The number of aryl methyl sites for hydroxylation is 1. The zero-order chi connectivity index (χ0) is 16.9. The number of carbonyl (C=O) groups is 1. The Morgan fingerprint density at radius 3 is 2.78 bits per heavy atom. The lowest BCUT2D eigenvalue weighted by atomic mass is 10.1. The first-order valence-corrected chi connectivity index (χ1v) is 9.24. The third-order valence-electron chi connectivity index (χ3n) is 3.79. The van der Waals surface area contributed by atoms with Crippen LogP contribution in [0.15, 0.2) is 29.2 Å². The van der Waals surface area contributed by atoms with Gasteiger partial charge in [-0.2, -0.15) is 0 Å². The van der Waals surface area contributed by atoms with Gasteiger partial charge in [-0.05, 0) is 44.7 Å². The first kappa shape index (κ1) is 17.9. The lowest BCUT2D eigenvalue weighted by Gasteiger charge is -2.23. The predicted octanol–water partition coefficient (Wildman–Crippen LogP) is 1.77. The third kappa shape index (κ3) is 5.02. The number of rotatable bonds is 6. The highest BCUT2D eigenvalue weighted by atomic mass is 32.2. The van der Waals surface area contributed by atoms with Crippen LogP contribution < -0.4 is 4.72 Å². The molecule has 1 aliphatic rings. The van der Waals surface area contributed by atoms with Crippen molar-refractivity contribution in [3.05, 3.63) is 29.8 Å². The molecule has 1 amide bonds. The van der Waals surface area contributed by atoms with Gasteiger partial charge in [0.2, 0.25) is 0 Å². The summed E-state index contributed by atoms with van der Waals surface area (Å²) in [4.78, 5) is 12.2. The van der Waals surface area contributed by atoms with Crippen molar-refractivity contribution in [3.8, 4) is 0 Å². The Balaban J connectivity index is 1.91. The molecule has 6 nitrogen and oxygen atoms in total. The van der Waals surface area contributed by atoms with Gasteiger partial charge in [0, 0.05) is 6.61 Å². The average Bonchev–Trinajstić information content (AvgIpc) is 2.53. The van der Waals surface area contributed by atoms with Crippen LogP contribution >= 0.6 is 0 Å². The van der Waals surface area contributed by atoms with Crippen molar-refractivity contribution in [2.24, 2.45) is 0 Å². The molecule has 0 bridgehead atoms. The molecule has 1 heterocycles. The Kier molecular flexibility index (Phi) is 6.15. The minimum atomic E-state index is -3.89.